The van der Waals surface area contributed by atoms with Gasteiger partial charge in [-0.05, 0) is 44.3 Å². The monoisotopic (exact) mass is 322 g/mol. The van der Waals surface area contributed by atoms with Gasteiger partial charge in [-0.2, -0.15) is 5.10 Å². The van der Waals surface area contributed by atoms with Crippen LogP contribution in [0, 0.1) is 5.92 Å². The first-order valence-electron chi connectivity index (χ1n) is 8.66. The van der Waals surface area contributed by atoms with Gasteiger partial charge in [0.25, 0.3) is 5.91 Å². The zero-order valence-corrected chi connectivity index (χ0v) is 14.7. The Balaban J connectivity index is 1.88. The Labute approximate surface area is 139 Å². The first kappa shape index (κ1) is 17.9. The molecule has 0 radical (unpaired) electrons. The van der Waals surface area contributed by atoms with Gasteiger partial charge in [0.15, 0.2) is 0 Å². The number of carbonyl (C=O) groups excluding carboxylic acids is 1. The summed E-state index contributed by atoms with van der Waals surface area (Å²) in [5, 5.41) is 13.4. The number of likely N-dealkylation sites (tertiary alicyclic amines) is 1. The smallest absolute Gasteiger partial charge is 0.271 e. The molecule has 1 aliphatic heterocycles. The Morgan fingerprint density at radius 3 is 2.74 bits per heavy atom. The molecule has 0 aromatic carbocycles. The quantitative estimate of drug-likeness (QED) is 0.818. The lowest BCUT2D eigenvalue weighted by Crippen LogP contribution is -2.40. The number of rotatable bonds is 7. The molecule has 0 aliphatic carbocycles. The lowest BCUT2D eigenvalue weighted by atomic mass is 9.96. The highest BCUT2D eigenvalue weighted by Crippen LogP contribution is 2.19. The molecule has 0 bridgehead atoms. The van der Waals surface area contributed by atoms with Crippen molar-refractivity contribution in [3.63, 3.8) is 0 Å². The number of β-amino-alcohol motifs (C(OH)–C–C–N with tert-alkyl or cyclic N) is 1. The van der Waals surface area contributed by atoms with Crippen molar-refractivity contribution in [1.29, 1.82) is 0 Å². The topological polar surface area (TPSA) is 61.6 Å². The number of aliphatic hydroxyl groups is 1. The Kier molecular flexibility index (Phi) is 6.59. The third kappa shape index (κ3) is 4.78. The summed E-state index contributed by atoms with van der Waals surface area (Å²) in [6.45, 7) is 5.92. The standard InChI is InChI=1S/C17H30N4O2/c1-4-5-15-12-16(20(3)18-15)17(23)19(2)13-14-6-8-21(9-7-14)10-11-22/h12,14,22H,4-11,13H2,1-3H3. The summed E-state index contributed by atoms with van der Waals surface area (Å²) in [5.41, 5.74) is 1.66. The molecule has 1 saturated heterocycles. The summed E-state index contributed by atoms with van der Waals surface area (Å²) in [7, 11) is 3.72. The number of hydrogen-bond donors (Lipinski definition) is 1. The molecule has 2 heterocycles. The van der Waals surface area contributed by atoms with E-state index >= 15 is 0 Å². The first-order chi connectivity index (χ1) is 11.0. The van der Waals surface area contributed by atoms with Crippen LogP contribution >= 0.6 is 0 Å². The van der Waals surface area contributed by atoms with E-state index < -0.39 is 0 Å². The van der Waals surface area contributed by atoms with E-state index in [-0.39, 0.29) is 12.5 Å². The molecule has 130 valence electrons. The van der Waals surface area contributed by atoms with Crippen LogP contribution < -0.4 is 0 Å². The van der Waals surface area contributed by atoms with Crippen LogP contribution in [0.25, 0.3) is 0 Å². The minimum Gasteiger partial charge on any atom is -0.395 e. The summed E-state index contributed by atoms with van der Waals surface area (Å²) in [6.07, 6.45) is 4.12. The van der Waals surface area contributed by atoms with Gasteiger partial charge in [0, 0.05) is 27.2 Å². The largest absolute Gasteiger partial charge is 0.395 e. The number of aliphatic hydroxyl groups excluding tert-OH is 1. The molecule has 23 heavy (non-hydrogen) atoms. The van der Waals surface area contributed by atoms with Crippen LogP contribution in [0.2, 0.25) is 0 Å². The van der Waals surface area contributed by atoms with Crippen molar-refractivity contribution in [2.45, 2.75) is 32.6 Å². The van der Waals surface area contributed by atoms with Crippen LogP contribution in [0.5, 0.6) is 0 Å². The van der Waals surface area contributed by atoms with Crippen LogP contribution in [0.15, 0.2) is 6.07 Å². The fourth-order valence-corrected chi connectivity index (χ4v) is 3.30. The minimum absolute atomic E-state index is 0.0557. The molecule has 0 saturated carbocycles. The maximum absolute atomic E-state index is 12.6. The third-order valence-electron chi connectivity index (χ3n) is 4.66. The Hall–Kier alpha value is -1.40. The van der Waals surface area contributed by atoms with E-state index in [0.29, 0.717) is 11.6 Å². The number of amides is 1. The van der Waals surface area contributed by atoms with Gasteiger partial charge < -0.3 is 14.9 Å². The molecule has 0 unspecified atom stereocenters. The molecule has 1 amide bonds. The molecular formula is C17H30N4O2. The van der Waals surface area contributed by atoms with Crippen LogP contribution in [0.1, 0.15) is 42.4 Å². The van der Waals surface area contributed by atoms with Gasteiger partial charge in [0.1, 0.15) is 5.69 Å². The number of aryl methyl sites for hydroxylation is 2. The molecule has 1 aromatic heterocycles. The van der Waals surface area contributed by atoms with E-state index in [1.165, 1.54) is 0 Å². The van der Waals surface area contributed by atoms with Crippen LogP contribution in [-0.2, 0) is 13.5 Å². The van der Waals surface area contributed by atoms with Crippen LogP contribution in [-0.4, -0.2) is 70.4 Å². The fourth-order valence-electron chi connectivity index (χ4n) is 3.30. The van der Waals surface area contributed by atoms with Crippen LogP contribution in [0.4, 0.5) is 0 Å². The van der Waals surface area contributed by atoms with Crippen molar-refractivity contribution in [2.75, 3.05) is 39.8 Å². The molecule has 0 atom stereocenters. The highest BCUT2D eigenvalue weighted by atomic mass is 16.3. The highest BCUT2D eigenvalue weighted by molar-refractivity contribution is 5.92. The van der Waals surface area contributed by atoms with E-state index in [1.807, 2.05) is 25.1 Å². The fraction of sp³-hybridized carbons (Fsp3) is 0.765. The van der Waals surface area contributed by atoms with Gasteiger partial charge >= 0.3 is 0 Å². The van der Waals surface area contributed by atoms with Gasteiger partial charge in [-0.3, -0.25) is 9.48 Å². The molecule has 1 N–H and O–H groups in total. The normalized spacial score (nSPS) is 16.7. The van der Waals surface area contributed by atoms with E-state index in [9.17, 15) is 4.79 Å². The molecule has 1 aromatic rings. The van der Waals surface area contributed by atoms with Crippen molar-refractivity contribution in [3.05, 3.63) is 17.5 Å². The average Bonchev–Trinajstić information content (AvgIpc) is 2.89. The van der Waals surface area contributed by atoms with Crippen LogP contribution in [0.3, 0.4) is 0 Å². The van der Waals surface area contributed by atoms with Crippen molar-refractivity contribution < 1.29 is 9.90 Å². The lowest BCUT2D eigenvalue weighted by molar-refractivity contribution is 0.0722. The number of aromatic nitrogens is 2. The molecule has 1 aliphatic rings. The minimum atomic E-state index is 0.0557. The van der Waals surface area contributed by atoms with Gasteiger partial charge in [-0.1, -0.05) is 13.3 Å². The second-order valence-electron chi connectivity index (χ2n) is 6.59. The van der Waals surface area contributed by atoms with Gasteiger partial charge in [-0.15, -0.1) is 0 Å². The average molecular weight is 322 g/mol. The van der Waals surface area contributed by atoms with E-state index in [2.05, 4.69) is 16.9 Å². The Morgan fingerprint density at radius 1 is 1.43 bits per heavy atom. The van der Waals surface area contributed by atoms with Crippen molar-refractivity contribution in [1.82, 2.24) is 19.6 Å². The SMILES string of the molecule is CCCc1cc(C(=O)N(C)CC2CCN(CCO)CC2)n(C)n1. The maximum atomic E-state index is 12.6. The first-order valence-corrected chi connectivity index (χ1v) is 8.66. The molecule has 6 heteroatoms. The number of hydrogen-bond acceptors (Lipinski definition) is 4. The van der Waals surface area contributed by atoms with E-state index in [4.69, 9.17) is 5.11 Å². The van der Waals surface area contributed by atoms with Crippen molar-refractivity contribution in [3.8, 4) is 0 Å². The van der Waals surface area contributed by atoms with Crippen molar-refractivity contribution in [2.24, 2.45) is 13.0 Å². The second kappa shape index (κ2) is 8.45. The predicted molar refractivity (Wildman–Crippen MR) is 90.4 cm³/mol. The number of carbonyl (C=O) groups is 1. The molecule has 6 nitrogen and oxygen atoms in total. The Morgan fingerprint density at radius 2 is 2.13 bits per heavy atom. The van der Waals surface area contributed by atoms with Gasteiger partial charge in [0.2, 0.25) is 0 Å². The molecule has 0 spiro atoms. The second-order valence-corrected chi connectivity index (χ2v) is 6.59. The molecule has 2 rings (SSSR count). The van der Waals surface area contributed by atoms with Crippen molar-refractivity contribution >= 4 is 5.91 Å². The van der Waals surface area contributed by atoms with E-state index in [1.54, 1.807) is 4.68 Å². The maximum Gasteiger partial charge on any atom is 0.271 e. The summed E-state index contributed by atoms with van der Waals surface area (Å²) in [4.78, 5) is 16.8. The summed E-state index contributed by atoms with van der Waals surface area (Å²) in [5.74, 6) is 0.599. The lowest BCUT2D eigenvalue weighted by Gasteiger charge is -2.33. The number of piperidine rings is 1. The molecule has 1 fully saturated rings. The zero-order valence-electron chi connectivity index (χ0n) is 14.7. The molecular weight excluding hydrogens is 292 g/mol. The summed E-state index contributed by atoms with van der Waals surface area (Å²) < 4.78 is 1.70. The predicted octanol–water partition coefficient (Wildman–Crippen LogP) is 1.15. The van der Waals surface area contributed by atoms with Gasteiger partial charge in [0.05, 0.1) is 12.3 Å². The summed E-state index contributed by atoms with van der Waals surface area (Å²) >= 11 is 0. The Bertz CT molecular complexity index is 507. The summed E-state index contributed by atoms with van der Waals surface area (Å²) in [6, 6.07) is 1.92. The third-order valence-corrected chi connectivity index (χ3v) is 4.66. The highest BCUT2D eigenvalue weighted by Gasteiger charge is 2.23. The zero-order chi connectivity index (χ0) is 16.8. The van der Waals surface area contributed by atoms with E-state index in [0.717, 1.165) is 57.6 Å². The van der Waals surface area contributed by atoms with Gasteiger partial charge in [-0.25, -0.2) is 0 Å². The number of nitrogens with zero attached hydrogens (tertiary/aromatic N) is 4.